The molecule has 0 saturated carbocycles. The molecule has 1 aliphatic rings. The second kappa shape index (κ2) is 10.7. The van der Waals surface area contributed by atoms with E-state index < -0.39 is 0 Å². The molecule has 0 spiro atoms. The normalized spacial score (nSPS) is 16.2. The summed E-state index contributed by atoms with van der Waals surface area (Å²) in [6.45, 7) is 9.36. The van der Waals surface area contributed by atoms with Crippen molar-refractivity contribution in [3.63, 3.8) is 0 Å². The van der Waals surface area contributed by atoms with E-state index >= 15 is 0 Å². The third-order valence-corrected chi connectivity index (χ3v) is 3.85. The molecule has 1 saturated heterocycles. The summed E-state index contributed by atoms with van der Waals surface area (Å²) in [4.78, 5) is 2.46. The summed E-state index contributed by atoms with van der Waals surface area (Å²) in [5, 5.41) is 6.99. The topological polar surface area (TPSA) is 36.5 Å². The van der Waals surface area contributed by atoms with Crippen molar-refractivity contribution in [2.45, 2.75) is 12.8 Å². The molecule has 0 bridgehead atoms. The maximum absolute atomic E-state index is 5.34. The van der Waals surface area contributed by atoms with Crippen LogP contribution < -0.4 is 10.6 Å². The van der Waals surface area contributed by atoms with E-state index in [-0.39, 0.29) is 0 Å². The summed E-state index contributed by atoms with van der Waals surface area (Å²) in [5.41, 5.74) is 1.43. The van der Waals surface area contributed by atoms with Crippen molar-refractivity contribution >= 4 is 0 Å². The van der Waals surface area contributed by atoms with Crippen LogP contribution in [0.3, 0.4) is 0 Å². The van der Waals surface area contributed by atoms with Gasteiger partial charge in [0.15, 0.2) is 0 Å². The first kappa shape index (κ1) is 16.4. The van der Waals surface area contributed by atoms with Crippen molar-refractivity contribution in [1.29, 1.82) is 0 Å². The fourth-order valence-corrected chi connectivity index (χ4v) is 2.55. The number of hydrogen-bond acceptors (Lipinski definition) is 4. The van der Waals surface area contributed by atoms with Crippen molar-refractivity contribution in [2.75, 3.05) is 59.0 Å². The molecule has 0 amide bonds. The van der Waals surface area contributed by atoms with E-state index in [9.17, 15) is 0 Å². The zero-order valence-corrected chi connectivity index (χ0v) is 13.0. The van der Waals surface area contributed by atoms with Crippen molar-refractivity contribution in [2.24, 2.45) is 0 Å². The largest absolute Gasteiger partial charge is 0.379 e. The van der Waals surface area contributed by atoms with Crippen LogP contribution in [0.15, 0.2) is 30.3 Å². The van der Waals surface area contributed by atoms with Crippen LogP contribution in [0.2, 0.25) is 0 Å². The van der Waals surface area contributed by atoms with Crippen LogP contribution >= 0.6 is 0 Å². The molecule has 2 rings (SSSR count). The molecule has 1 heterocycles. The minimum absolute atomic E-state index is 0.892. The number of hydrogen-bond donors (Lipinski definition) is 2. The number of nitrogens with zero attached hydrogens (tertiary/aromatic N) is 1. The van der Waals surface area contributed by atoms with Crippen LogP contribution in [0, 0.1) is 0 Å². The van der Waals surface area contributed by atoms with Crippen molar-refractivity contribution in [3.05, 3.63) is 35.9 Å². The van der Waals surface area contributed by atoms with Gasteiger partial charge in [-0.15, -0.1) is 0 Å². The molecule has 2 N–H and O–H groups in total. The van der Waals surface area contributed by atoms with E-state index in [1.54, 1.807) is 0 Å². The molecule has 1 aromatic carbocycles. The van der Waals surface area contributed by atoms with Gasteiger partial charge in [-0.3, -0.25) is 4.90 Å². The third-order valence-electron chi connectivity index (χ3n) is 3.85. The number of rotatable bonds is 10. The summed E-state index contributed by atoms with van der Waals surface area (Å²) < 4.78 is 5.34. The summed E-state index contributed by atoms with van der Waals surface area (Å²) in [6, 6.07) is 10.7. The second-order valence-corrected chi connectivity index (χ2v) is 5.54. The smallest absolute Gasteiger partial charge is 0.0594 e. The van der Waals surface area contributed by atoms with Gasteiger partial charge in [-0.2, -0.15) is 0 Å². The van der Waals surface area contributed by atoms with Gasteiger partial charge < -0.3 is 15.4 Å². The summed E-state index contributed by atoms with van der Waals surface area (Å²) >= 11 is 0. The lowest BCUT2D eigenvalue weighted by molar-refractivity contribution is 0.0385. The minimum Gasteiger partial charge on any atom is -0.379 e. The predicted octanol–water partition coefficient (Wildman–Crippen LogP) is 1.13. The fraction of sp³-hybridized carbons (Fsp3) is 0.647. The van der Waals surface area contributed by atoms with Gasteiger partial charge in [-0.05, 0) is 24.9 Å². The summed E-state index contributed by atoms with van der Waals surface area (Å²) in [5.74, 6) is 0. The predicted molar refractivity (Wildman–Crippen MR) is 87.8 cm³/mol. The molecule has 0 radical (unpaired) electrons. The van der Waals surface area contributed by atoms with Gasteiger partial charge in [-0.25, -0.2) is 0 Å². The highest BCUT2D eigenvalue weighted by Gasteiger charge is 2.08. The standard InChI is InChI=1S/C17H29N3O/c1-2-5-17(6-3-1)7-4-8-18-9-10-19-11-12-20-13-15-21-16-14-20/h1-3,5-6,18-19H,4,7-16H2. The Morgan fingerprint density at radius 3 is 2.38 bits per heavy atom. The van der Waals surface area contributed by atoms with Gasteiger partial charge in [0.2, 0.25) is 0 Å². The summed E-state index contributed by atoms with van der Waals surface area (Å²) in [6.07, 6.45) is 2.37. The first-order valence-corrected chi connectivity index (χ1v) is 8.20. The molecule has 118 valence electrons. The number of nitrogens with one attached hydrogen (secondary N) is 2. The van der Waals surface area contributed by atoms with Crippen LogP contribution in [0.4, 0.5) is 0 Å². The van der Waals surface area contributed by atoms with E-state index in [2.05, 4.69) is 45.9 Å². The molecular formula is C17H29N3O. The molecule has 1 aliphatic heterocycles. The van der Waals surface area contributed by atoms with E-state index in [1.165, 1.54) is 12.0 Å². The van der Waals surface area contributed by atoms with Crippen LogP contribution in [-0.4, -0.2) is 63.9 Å². The molecule has 21 heavy (non-hydrogen) atoms. The third kappa shape index (κ3) is 7.58. The molecule has 0 aliphatic carbocycles. The van der Waals surface area contributed by atoms with Crippen LogP contribution in [-0.2, 0) is 11.2 Å². The lowest BCUT2D eigenvalue weighted by atomic mass is 10.1. The molecule has 0 unspecified atom stereocenters. The average molecular weight is 291 g/mol. The Hall–Kier alpha value is -0.940. The van der Waals surface area contributed by atoms with Gasteiger partial charge in [0.05, 0.1) is 13.2 Å². The Bertz CT molecular complexity index is 352. The molecule has 4 nitrogen and oxygen atoms in total. The SMILES string of the molecule is c1ccc(CCCNCCNCCN2CCOCC2)cc1. The molecular weight excluding hydrogens is 262 g/mol. The zero-order valence-electron chi connectivity index (χ0n) is 13.0. The highest BCUT2D eigenvalue weighted by atomic mass is 16.5. The highest BCUT2D eigenvalue weighted by molar-refractivity contribution is 5.14. The number of benzene rings is 1. The van der Waals surface area contributed by atoms with Gasteiger partial charge >= 0.3 is 0 Å². The zero-order chi connectivity index (χ0) is 14.6. The first-order valence-electron chi connectivity index (χ1n) is 8.20. The molecule has 4 heteroatoms. The average Bonchev–Trinajstić information content (AvgIpc) is 2.55. The Balaban J connectivity index is 1.35. The maximum atomic E-state index is 5.34. The van der Waals surface area contributed by atoms with E-state index in [1.807, 2.05) is 0 Å². The highest BCUT2D eigenvalue weighted by Crippen LogP contribution is 2.01. The van der Waals surface area contributed by atoms with E-state index in [4.69, 9.17) is 4.74 Å². The second-order valence-electron chi connectivity index (χ2n) is 5.54. The lowest BCUT2D eigenvalue weighted by Crippen LogP contribution is -2.41. The van der Waals surface area contributed by atoms with Gasteiger partial charge in [0.25, 0.3) is 0 Å². The van der Waals surface area contributed by atoms with Crippen LogP contribution in [0.1, 0.15) is 12.0 Å². The molecule has 1 fully saturated rings. The van der Waals surface area contributed by atoms with Gasteiger partial charge in [0.1, 0.15) is 0 Å². The molecule has 0 atom stereocenters. The fourth-order valence-electron chi connectivity index (χ4n) is 2.55. The quantitative estimate of drug-likeness (QED) is 0.634. The van der Waals surface area contributed by atoms with Crippen LogP contribution in [0.5, 0.6) is 0 Å². The van der Waals surface area contributed by atoms with Crippen molar-refractivity contribution in [3.8, 4) is 0 Å². The number of ether oxygens (including phenoxy) is 1. The monoisotopic (exact) mass is 291 g/mol. The Labute approximate surface area is 128 Å². The van der Waals surface area contributed by atoms with Crippen molar-refractivity contribution in [1.82, 2.24) is 15.5 Å². The van der Waals surface area contributed by atoms with Gasteiger partial charge in [0, 0.05) is 39.3 Å². The molecule has 0 aromatic heterocycles. The lowest BCUT2D eigenvalue weighted by Gasteiger charge is -2.26. The Kier molecular flexibility index (Phi) is 8.40. The Morgan fingerprint density at radius 1 is 0.905 bits per heavy atom. The van der Waals surface area contributed by atoms with Crippen LogP contribution in [0.25, 0.3) is 0 Å². The number of morpholine rings is 1. The van der Waals surface area contributed by atoms with Crippen molar-refractivity contribution < 1.29 is 4.74 Å². The maximum Gasteiger partial charge on any atom is 0.0594 e. The summed E-state index contributed by atoms with van der Waals surface area (Å²) in [7, 11) is 0. The van der Waals surface area contributed by atoms with E-state index in [0.717, 1.165) is 65.4 Å². The molecule has 1 aromatic rings. The first-order chi connectivity index (χ1) is 10.4. The Morgan fingerprint density at radius 2 is 1.62 bits per heavy atom. The minimum atomic E-state index is 0.892. The number of aryl methyl sites for hydroxylation is 1. The van der Waals surface area contributed by atoms with E-state index in [0.29, 0.717) is 0 Å². The van der Waals surface area contributed by atoms with Gasteiger partial charge in [-0.1, -0.05) is 30.3 Å².